The molecule has 0 radical (unpaired) electrons. The van der Waals surface area contributed by atoms with Crippen molar-refractivity contribution in [3.05, 3.63) is 5.82 Å². The predicted octanol–water partition coefficient (Wildman–Crippen LogP) is -0.0766. The molecule has 58 valence electrons. The zero-order chi connectivity index (χ0) is 8.27. The van der Waals surface area contributed by atoms with Crippen molar-refractivity contribution in [2.24, 2.45) is 4.99 Å². The molecule has 0 spiro atoms. The van der Waals surface area contributed by atoms with Crippen LogP contribution in [0.2, 0.25) is 0 Å². The number of hydrogen-bond acceptors (Lipinski definition) is 5. The van der Waals surface area contributed by atoms with Gasteiger partial charge < -0.3 is 4.74 Å². The Morgan fingerprint density at radius 3 is 3.00 bits per heavy atom. The summed E-state index contributed by atoms with van der Waals surface area (Å²) in [5.41, 5.74) is 0. The van der Waals surface area contributed by atoms with Gasteiger partial charge in [0.15, 0.2) is 0 Å². The summed E-state index contributed by atoms with van der Waals surface area (Å²) in [4.78, 5) is 17.8. The normalized spacial score (nSPS) is 9.18. The second-order valence-corrected chi connectivity index (χ2v) is 1.63. The summed E-state index contributed by atoms with van der Waals surface area (Å²) >= 11 is 0. The number of rotatable bonds is 2. The number of ether oxygens (including phenoxy) is 1. The van der Waals surface area contributed by atoms with Crippen LogP contribution in [0.15, 0.2) is 4.99 Å². The van der Waals surface area contributed by atoms with Gasteiger partial charge in [-0.1, -0.05) is 0 Å². The Bertz CT molecular complexity index is 280. The third-order valence-electron chi connectivity index (χ3n) is 0.994. The molecule has 0 aliphatic rings. The van der Waals surface area contributed by atoms with E-state index in [4.69, 9.17) is 0 Å². The SMILES string of the molecule is C=Nc1n[nH]c(C(=O)OC)n1. The van der Waals surface area contributed by atoms with Crippen LogP contribution in [0.5, 0.6) is 0 Å². The third kappa shape index (κ3) is 1.40. The van der Waals surface area contributed by atoms with E-state index in [0.29, 0.717) is 0 Å². The molecule has 0 aliphatic carbocycles. The average Bonchev–Trinajstić information content (AvgIpc) is 2.50. The standard InChI is InChI=1S/C5H6N4O2/c1-6-5-7-3(8-9-5)4(10)11-2/h1H2,2H3,(H,7,8,9). The monoisotopic (exact) mass is 154 g/mol. The zero-order valence-corrected chi connectivity index (χ0v) is 5.87. The molecule has 0 unspecified atom stereocenters. The molecule has 1 heterocycles. The van der Waals surface area contributed by atoms with Gasteiger partial charge in [-0.15, -0.1) is 5.10 Å². The Morgan fingerprint density at radius 1 is 1.82 bits per heavy atom. The van der Waals surface area contributed by atoms with E-state index >= 15 is 0 Å². The summed E-state index contributed by atoms with van der Waals surface area (Å²) in [5, 5.41) is 5.88. The third-order valence-corrected chi connectivity index (χ3v) is 0.994. The molecule has 11 heavy (non-hydrogen) atoms. The lowest BCUT2D eigenvalue weighted by atomic mass is 10.6. The fourth-order valence-corrected chi connectivity index (χ4v) is 0.512. The smallest absolute Gasteiger partial charge is 0.375 e. The summed E-state index contributed by atoms with van der Waals surface area (Å²) in [6.07, 6.45) is 0. The lowest BCUT2D eigenvalue weighted by molar-refractivity contribution is 0.0587. The van der Waals surface area contributed by atoms with Gasteiger partial charge in [-0.3, -0.25) is 5.10 Å². The minimum absolute atomic E-state index is 0.0231. The van der Waals surface area contributed by atoms with E-state index in [-0.39, 0.29) is 11.8 Å². The highest BCUT2D eigenvalue weighted by atomic mass is 16.5. The topological polar surface area (TPSA) is 80.2 Å². The molecule has 0 fully saturated rings. The molecule has 6 heteroatoms. The van der Waals surface area contributed by atoms with Crippen molar-refractivity contribution in [3.8, 4) is 0 Å². The van der Waals surface area contributed by atoms with E-state index in [1.165, 1.54) is 7.11 Å². The van der Waals surface area contributed by atoms with Gasteiger partial charge in [-0.05, 0) is 6.72 Å². The molecule has 1 N–H and O–H groups in total. The largest absolute Gasteiger partial charge is 0.463 e. The lowest BCUT2D eigenvalue weighted by Gasteiger charge is -1.88. The highest BCUT2D eigenvalue weighted by Crippen LogP contribution is 2.01. The van der Waals surface area contributed by atoms with Gasteiger partial charge in [0.05, 0.1) is 7.11 Å². The van der Waals surface area contributed by atoms with Crippen LogP contribution in [0, 0.1) is 0 Å². The number of H-pyrrole nitrogens is 1. The number of hydrogen-bond donors (Lipinski definition) is 1. The van der Waals surface area contributed by atoms with Crippen LogP contribution in [-0.4, -0.2) is 35.0 Å². The lowest BCUT2D eigenvalue weighted by Crippen LogP contribution is -2.03. The number of aromatic amines is 1. The summed E-state index contributed by atoms with van der Waals surface area (Å²) in [7, 11) is 1.26. The Kier molecular flexibility index (Phi) is 1.95. The minimum Gasteiger partial charge on any atom is -0.463 e. The van der Waals surface area contributed by atoms with Gasteiger partial charge in [0.1, 0.15) is 0 Å². The predicted molar refractivity (Wildman–Crippen MR) is 36.9 cm³/mol. The highest BCUT2D eigenvalue weighted by molar-refractivity contribution is 5.85. The van der Waals surface area contributed by atoms with Gasteiger partial charge in [0.2, 0.25) is 5.82 Å². The minimum atomic E-state index is -0.576. The van der Waals surface area contributed by atoms with Gasteiger partial charge in [0, 0.05) is 0 Å². The summed E-state index contributed by atoms with van der Waals surface area (Å²) in [5.74, 6) is -0.423. The van der Waals surface area contributed by atoms with Crippen LogP contribution in [0.3, 0.4) is 0 Å². The Morgan fingerprint density at radius 2 is 2.55 bits per heavy atom. The molecule has 1 rings (SSSR count). The average molecular weight is 154 g/mol. The van der Waals surface area contributed by atoms with E-state index in [0.717, 1.165) is 0 Å². The summed E-state index contributed by atoms with van der Waals surface area (Å²) in [6, 6.07) is 0. The Labute approximate surface area is 62.3 Å². The molecule has 0 aliphatic heterocycles. The molecule has 0 amide bonds. The number of nitrogens with one attached hydrogen (secondary N) is 1. The van der Waals surface area contributed by atoms with Crippen LogP contribution in [0.1, 0.15) is 10.6 Å². The fourth-order valence-electron chi connectivity index (χ4n) is 0.512. The molecule has 0 aromatic carbocycles. The number of aliphatic imine (C=N–C) groups is 1. The van der Waals surface area contributed by atoms with E-state index in [1.54, 1.807) is 0 Å². The number of esters is 1. The molecular weight excluding hydrogens is 148 g/mol. The van der Waals surface area contributed by atoms with Crippen LogP contribution in [0.4, 0.5) is 5.95 Å². The number of methoxy groups -OCH3 is 1. The second-order valence-electron chi connectivity index (χ2n) is 1.63. The van der Waals surface area contributed by atoms with Crippen molar-refractivity contribution in [2.45, 2.75) is 0 Å². The van der Waals surface area contributed by atoms with E-state index in [1.807, 2.05) is 0 Å². The summed E-state index contributed by atoms with van der Waals surface area (Å²) in [6.45, 7) is 3.18. The maximum Gasteiger partial charge on any atom is 0.375 e. The quantitative estimate of drug-likeness (QED) is 0.477. The molecule has 0 atom stereocenters. The molecule has 1 aromatic rings. The first-order chi connectivity index (χ1) is 5.27. The van der Waals surface area contributed by atoms with Crippen LogP contribution in [0.25, 0.3) is 0 Å². The van der Waals surface area contributed by atoms with Crippen LogP contribution >= 0.6 is 0 Å². The highest BCUT2D eigenvalue weighted by Gasteiger charge is 2.09. The van der Waals surface area contributed by atoms with Crippen molar-refractivity contribution in [2.75, 3.05) is 7.11 Å². The number of nitrogens with zero attached hydrogens (tertiary/aromatic N) is 3. The Balaban J connectivity index is 2.88. The molecule has 0 saturated heterocycles. The number of aromatic nitrogens is 3. The maximum atomic E-state index is 10.7. The van der Waals surface area contributed by atoms with Crippen LogP contribution < -0.4 is 0 Å². The van der Waals surface area contributed by atoms with E-state index in [9.17, 15) is 4.79 Å². The first kappa shape index (κ1) is 7.39. The fraction of sp³-hybridized carbons (Fsp3) is 0.200. The van der Waals surface area contributed by atoms with E-state index in [2.05, 4.69) is 31.6 Å². The van der Waals surface area contributed by atoms with Gasteiger partial charge in [-0.25, -0.2) is 9.79 Å². The van der Waals surface area contributed by atoms with Gasteiger partial charge >= 0.3 is 5.97 Å². The molecular formula is C5H6N4O2. The molecule has 0 saturated carbocycles. The van der Waals surface area contributed by atoms with Gasteiger partial charge in [0.25, 0.3) is 5.95 Å². The number of carbonyl (C=O) groups is 1. The molecule has 6 nitrogen and oxygen atoms in total. The van der Waals surface area contributed by atoms with Gasteiger partial charge in [-0.2, -0.15) is 4.98 Å². The molecule has 1 aromatic heterocycles. The van der Waals surface area contributed by atoms with Crippen molar-refractivity contribution < 1.29 is 9.53 Å². The zero-order valence-electron chi connectivity index (χ0n) is 5.87. The second kappa shape index (κ2) is 2.91. The van der Waals surface area contributed by atoms with Crippen LogP contribution in [-0.2, 0) is 4.74 Å². The Hall–Kier alpha value is -1.72. The van der Waals surface area contributed by atoms with Crippen molar-refractivity contribution in [3.63, 3.8) is 0 Å². The first-order valence-corrected chi connectivity index (χ1v) is 2.75. The van der Waals surface area contributed by atoms with Crippen molar-refractivity contribution in [1.29, 1.82) is 0 Å². The van der Waals surface area contributed by atoms with Crippen molar-refractivity contribution in [1.82, 2.24) is 15.2 Å². The summed E-state index contributed by atoms with van der Waals surface area (Å²) < 4.78 is 4.36. The van der Waals surface area contributed by atoms with E-state index < -0.39 is 5.97 Å². The number of carbonyl (C=O) groups excluding carboxylic acids is 1. The van der Waals surface area contributed by atoms with Crippen molar-refractivity contribution >= 4 is 18.6 Å². The first-order valence-electron chi connectivity index (χ1n) is 2.75. The maximum absolute atomic E-state index is 10.7. The molecule has 0 bridgehead atoms.